The molecule has 1 rings (SSSR count). The average molecular weight is 437 g/mol. The lowest BCUT2D eigenvalue weighted by atomic mass is 10.0. The maximum atomic E-state index is 11.4. The van der Waals surface area contributed by atoms with Gasteiger partial charge in [-0.25, -0.2) is 4.79 Å². The van der Waals surface area contributed by atoms with Gasteiger partial charge in [-0.3, -0.25) is 0 Å². The number of aliphatic hydroxyl groups excluding tert-OH is 2. The molecule has 4 nitrogen and oxygen atoms in total. The second-order valence-corrected chi connectivity index (χ2v) is 9.28. The molecule has 0 unspecified atom stereocenters. The first-order chi connectivity index (χ1) is 15.1. The van der Waals surface area contributed by atoms with E-state index in [4.69, 9.17) is 4.74 Å². The summed E-state index contributed by atoms with van der Waals surface area (Å²) in [6.45, 7) is 4.16. The molecule has 0 aliphatic heterocycles. The Balaban J connectivity index is 1.88. The summed E-state index contributed by atoms with van der Waals surface area (Å²) in [5.74, 6) is 7.61. The van der Waals surface area contributed by atoms with Crippen LogP contribution in [0.2, 0.25) is 0 Å². The predicted octanol–water partition coefficient (Wildman–Crippen LogP) is 6.17. The second-order valence-electron chi connectivity index (χ2n) is 9.28. The van der Waals surface area contributed by atoms with Crippen molar-refractivity contribution in [2.24, 2.45) is 11.8 Å². The molecule has 0 bridgehead atoms. The first-order valence-corrected chi connectivity index (χ1v) is 13.1. The predicted molar refractivity (Wildman–Crippen MR) is 128 cm³/mol. The minimum Gasteiger partial charge on any atom is -0.464 e. The fourth-order valence-electron chi connectivity index (χ4n) is 4.30. The highest BCUT2D eigenvalue weighted by molar-refractivity contribution is 5.75. The minimum atomic E-state index is -1.45. The Bertz CT molecular complexity index is 507. The number of carbonyl (C=O) groups is 1. The SMILES string of the molecule is CCCCCCCCCC[C@H]1C[C@H]1CCCCC#CCCC[C@@H](O)[C@H](O)C(=O)OCC. The minimum absolute atomic E-state index is 0.203. The molecule has 0 aromatic heterocycles. The fraction of sp³-hybridized carbons (Fsp3) is 0.889. The van der Waals surface area contributed by atoms with E-state index in [9.17, 15) is 15.0 Å². The largest absolute Gasteiger partial charge is 0.464 e. The molecule has 0 amide bonds. The van der Waals surface area contributed by atoms with E-state index in [-0.39, 0.29) is 6.61 Å². The first kappa shape index (κ1) is 28.0. The summed E-state index contributed by atoms with van der Waals surface area (Å²) in [6.07, 6.45) is 18.3. The van der Waals surface area contributed by atoms with Crippen LogP contribution in [0.4, 0.5) is 0 Å². The van der Waals surface area contributed by atoms with Crippen molar-refractivity contribution in [3.63, 3.8) is 0 Å². The number of esters is 1. The van der Waals surface area contributed by atoms with E-state index in [0.29, 0.717) is 19.3 Å². The van der Waals surface area contributed by atoms with E-state index in [1.807, 2.05) is 0 Å². The van der Waals surface area contributed by atoms with Gasteiger partial charge in [0.25, 0.3) is 0 Å². The van der Waals surface area contributed by atoms with Gasteiger partial charge < -0.3 is 14.9 Å². The molecule has 0 spiro atoms. The van der Waals surface area contributed by atoms with Crippen molar-refractivity contribution in [2.75, 3.05) is 6.61 Å². The fourth-order valence-corrected chi connectivity index (χ4v) is 4.30. The summed E-state index contributed by atoms with van der Waals surface area (Å²) in [4.78, 5) is 11.4. The van der Waals surface area contributed by atoms with Crippen LogP contribution in [0.3, 0.4) is 0 Å². The summed E-state index contributed by atoms with van der Waals surface area (Å²) in [6, 6.07) is 0. The number of carbonyl (C=O) groups excluding carboxylic acids is 1. The third-order valence-electron chi connectivity index (χ3n) is 6.44. The van der Waals surface area contributed by atoms with Crippen molar-refractivity contribution in [3.05, 3.63) is 0 Å². The molecule has 31 heavy (non-hydrogen) atoms. The topological polar surface area (TPSA) is 66.8 Å². The normalized spacial score (nSPS) is 19.4. The van der Waals surface area contributed by atoms with Crippen molar-refractivity contribution < 1.29 is 19.7 Å². The van der Waals surface area contributed by atoms with Crippen LogP contribution in [0.25, 0.3) is 0 Å². The summed E-state index contributed by atoms with van der Waals surface area (Å²) in [5, 5.41) is 19.4. The molecule has 2 N–H and O–H groups in total. The summed E-state index contributed by atoms with van der Waals surface area (Å²) < 4.78 is 4.70. The zero-order valence-electron chi connectivity index (χ0n) is 20.2. The lowest BCUT2D eigenvalue weighted by Gasteiger charge is -2.15. The molecule has 1 aliphatic rings. The second kappa shape index (κ2) is 18.5. The zero-order chi connectivity index (χ0) is 22.7. The Morgan fingerprint density at radius 2 is 1.39 bits per heavy atom. The maximum absolute atomic E-state index is 11.4. The van der Waals surface area contributed by atoms with Gasteiger partial charge in [0.15, 0.2) is 6.10 Å². The lowest BCUT2D eigenvalue weighted by Crippen LogP contribution is -2.35. The Labute approximate surface area is 191 Å². The van der Waals surface area contributed by atoms with Gasteiger partial charge in [0.05, 0.1) is 12.7 Å². The number of aliphatic hydroxyl groups is 2. The molecular weight excluding hydrogens is 388 g/mol. The smallest absolute Gasteiger partial charge is 0.337 e. The number of hydrogen-bond donors (Lipinski definition) is 2. The van der Waals surface area contributed by atoms with Crippen LogP contribution in [0.1, 0.15) is 123 Å². The molecule has 0 aromatic carbocycles. The molecule has 0 heterocycles. The first-order valence-electron chi connectivity index (χ1n) is 13.1. The summed E-state index contributed by atoms with van der Waals surface area (Å²) in [7, 11) is 0. The number of unbranched alkanes of at least 4 members (excludes halogenated alkanes) is 10. The maximum Gasteiger partial charge on any atom is 0.337 e. The standard InChI is InChI=1S/C27H48O4/c1-3-5-6-7-8-10-13-16-19-23-22-24(23)20-17-14-11-9-12-15-18-21-25(28)26(29)27(30)31-4-2/h23-26,28-29H,3-8,10-11,13-22H2,1-2H3/t23-,24+,25+,26-/m0/s1. The Hall–Kier alpha value is -1.05. The highest BCUT2D eigenvalue weighted by atomic mass is 16.5. The van der Waals surface area contributed by atoms with Crippen LogP contribution >= 0.6 is 0 Å². The van der Waals surface area contributed by atoms with Crippen molar-refractivity contribution in [3.8, 4) is 11.8 Å². The number of hydrogen-bond acceptors (Lipinski definition) is 4. The number of rotatable bonds is 19. The molecule has 180 valence electrons. The van der Waals surface area contributed by atoms with Gasteiger partial charge in [-0.05, 0) is 44.4 Å². The van der Waals surface area contributed by atoms with Crippen LogP contribution in [-0.2, 0) is 9.53 Å². The Morgan fingerprint density at radius 3 is 2.00 bits per heavy atom. The molecule has 1 aliphatic carbocycles. The zero-order valence-corrected chi connectivity index (χ0v) is 20.2. The van der Waals surface area contributed by atoms with E-state index in [1.165, 1.54) is 83.5 Å². The van der Waals surface area contributed by atoms with Crippen molar-refractivity contribution in [1.82, 2.24) is 0 Å². The van der Waals surface area contributed by atoms with Crippen LogP contribution in [0.5, 0.6) is 0 Å². The van der Waals surface area contributed by atoms with Crippen LogP contribution in [0.15, 0.2) is 0 Å². The van der Waals surface area contributed by atoms with Crippen LogP contribution in [-0.4, -0.2) is 35.0 Å². The van der Waals surface area contributed by atoms with E-state index in [0.717, 1.165) is 18.3 Å². The van der Waals surface area contributed by atoms with Gasteiger partial charge in [0.1, 0.15) is 0 Å². The summed E-state index contributed by atoms with van der Waals surface area (Å²) >= 11 is 0. The molecule has 0 aromatic rings. The van der Waals surface area contributed by atoms with Crippen molar-refractivity contribution >= 4 is 5.97 Å². The van der Waals surface area contributed by atoms with Gasteiger partial charge in [0, 0.05) is 12.8 Å². The van der Waals surface area contributed by atoms with Crippen LogP contribution < -0.4 is 0 Å². The summed E-state index contributed by atoms with van der Waals surface area (Å²) in [5.41, 5.74) is 0. The Kier molecular flexibility index (Phi) is 16.7. The van der Waals surface area contributed by atoms with E-state index < -0.39 is 18.2 Å². The van der Waals surface area contributed by atoms with Crippen molar-refractivity contribution in [1.29, 1.82) is 0 Å². The van der Waals surface area contributed by atoms with Gasteiger partial charge in [0.2, 0.25) is 0 Å². The third kappa shape index (κ3) is 14.6. The average Bonchev–Trinajstić information content (AvgIpc) is 3.51. The molecular formula is C27H48O4. The molecule has 4 heteroatoms. The third-order valence-corrected chi connectivity index (χ3v) is 6.44. The molecule has 1 fully saturated rings. The number of ether oxygens (including phenoxy) is 1. The van der Waals surface area contributed by atoms with E-state index in [1.54, 1.807) is 6.92 Å². The van der Waals surface area contributed by atoms with Gasteiger partial charge >= 0.3 is 5.97 Å². The highest BCUT2D eigenvalue weighted by Gasteiger charge is 2.34. The van der Waals surface area contributed by atoms with E-state index >= 15 is 0 Å². The highest BCUT2D eigenvalue weighted by Crippen LogP contribution is 2.45. The molecule has 1 saturated carbocycles. The lowest BCUT2D eigenvalue weighted by molar-refractivity contribution is -0.159. The quantitative estimate of drug-likeness (QED) is 0.144. The molecule has 0 radical (unpaired) electrons. The van der Waals surface area contributed by atoms with Gasteiger partial charge in [-0.15, -0.1) is 11.8 Å². The monoisotopic (exact) mass is 436 g/mol. The van der Waals surface area contributed by atoms with Crippen LogP contribution in [0, 0.1) is 23.7 Å². The van der Waals surface area contributed by atoms with E-state index in [2.05, 4.69) is 18.8 Å². The van der Waals surface area contributed by atoms with Gasteiger partial charge in [-0.2, -0.15) is 0 Å². The van der Waals surface area contributed by atoms with Crippen molar-refractivity contribution in [2.45, 2.75) is 135 Å². The molecule has 0 saturated heterocycles. The Morgan fingerprint density at radius 1 is 0.839 bits per heavy atom. The van der Waals surface area contributed by atoms with Gasteiger partial charge in [-0.1, -0.05) is 77.6 Å². The molecule has 4 atom stereocenters.